The third kappa shape index (κ3) is 4.09. The van der Waals surface area contributed by atoms with Gasteiger partial charge in [-0.15, -0.1) is 0 Å². The maximum Gasteiger partial charge on any atom is 0.336 e. The van der Waals surface area contributed by atoms with E-state index in [1.807, 2.05) is 6.07 Å². The van der Waals surface area contributed by atoms with Crippen LogP contribution in [0.1, 0.15) is 11.1 Å². The van der Waals surface area contributed by atoms with Crippen LogP contribution in [0.25, 0.3) is 6.08 Å². The summed E-state index contributed by atoms with van der Waals surface area (Å²) >= 11 is 11.8. The molecule has 0 spiro atoms. The Morgan fingerprint density at radius 2 is 1.86 bits per heavy atom. The summed E-state index contributed by atoms with van der Waals surface area (Å²) in [6.45, 7) is 0. The summed E-state index contributed by atoms with van der Waals surface area (Å²) in [6, 6.07) is 13.6. The molecule has 0 saturated heterocycles. The highest BCUT2D eigenvalue weighted by atomic mass is 35.5. The Bertz CT molecular complexity index is 731. The molecule has 2 aromatic carbocycles. The molecule has 0 atom stereocenters. The van der Waals surface area contributed by atoms with E-state index in [1.165, 1.54) is 6.08 Å². The Morgan fingerprint density at radius 1 is 1.14 bits per heavy atom. The van der Waals surface area contributed by atoms with Gasteiger partial charge in [-0.2, -0.15) is 5.26 Å². The number of hydrogen-bond acceptors (Lipinski definition) is 3. The van der Waals surface area contributed by atoms with Crippen LogP contribution in [0.3, 0.4) is 0 Å². The average Bonchev–Trinajstić information content (AvgIpc) is 2.50. The van der Waals surface area contributed by atoms with Crippen molar-refractivity contribution >= 4 is 35.2 Å². The van der Waals surface area contributed by atoms with Crippen LogP contribution in [0, 0.1) is 11.3 Å². The van der Waals surface area contributed by atoms with Crippen molar-refractivity contribution in [3.63, 3.8) is 0 Å². The third-order valence-corrected chi connectivity index (χ3v) is 3.38. The summed E-state index contributed by atoms with van der Waals surface area (Å²) in [7, 11) is 0. The fourth-order valence-electron chi connectivity index (χ4n) is 1.54. The van der Waals surface area contributed by atoms with E-state index in [0.717, 1.165) is 5.56 Å². The second-order valence-electron chi connectivity index (χ2n) is 4.04. The Hall–Kier alpha value is -2.28. The third-order valence-electron chi connectivity index (χ3n) is 2.58. The minimum Gasteiger partial charge on any atom is -0.422 e. The van der Waals surface area contributed by atoms with Crippen LogP contribution in [-0.4, -0.2) is 5.97 Å². The standard InChI is InChI=1S/C16H9Cl2NO2/c17-13-2-1-3-14(16(13)18)21-15(20)9-8-11-4-6-12(10-19)7-5-11/h1-9H/b9-8+. The minimum absolute atomic E-state index is 0.194. The Morgan fingerprint density at radius 3 is 2.52 bits per heavy atom. The molecular formula is C16H9Cl2NO2. The summed E-state index contributed by atoms with van der Waals surface area (Å²) in [5.74, 6) is -0.359. The monoisotopic (exact) mass is 317 g/mol. The van der Waals surface area contributed by atoms with E-state index in [1.54, 1.807) is 48.5 Å². The lowest BCUT2D eigenvalue weighted by molar-refractivity contribution is -0.128. The molecule has 0 aromatic heterocycles. The van der Waals surface area contributed by atoms with Crippen LogP contribution < -0.4 is 4.74 Å². The second-order valence-corrected chi connectivity index (χ2v) is 4.83. The number of nitriles is 1. The van der Waals surface area contributed by atoms with Gasteiger partial charge in [-0.25, -0.2) is 4.79 Å². The van der Waals surface area contributed by atoms with E-state index in [0.29, 0.717) is 10.6 Å². The molecule has 2 aromatic rings. The largest absolute Gasteiger partial charge is 0.422 e. The van der Waals surface area contributed by atoms with Crippen LogP contribution in [0.2, 0.25) is 10.0 Å². The smallest absolute Gasteiger partial charge is 0.336 e. The molecule has 0 aliphatic carbocycles. The molecule has 2 rings (SSSR count). The van der Waals surface area contributed by atoms with Crippen molar-refractivity contribution in [2.45, 2.75) is 0 Å². The van der Waals surface area contributed by atoms with E-state index in [4.69, 9.17) is 33.2 Å². The average molecular weight is 318 g/mol. The van der Waals surface area contributed by atoms with Gasteiger partial charge >= 0.3 is 5.97 Å². The van der Waals surface area contributed by atoms with E-state index >= 15 is 0 Å². The molecule has 0 bridgehead atoms. The fraction of sp³-hybridized carbons (Fsp3) is 0. The Kier molecular flexibility index (Phi) is 4.99. The van der Waals surface area contributed by atoms with Crippen LogP contribution in [0.15, 0.2) is 48.5 Å². The number of ether oxygens (including phenoxy) is 1. The van der Waals surface area contributed by atoms with Crippen molar-refractivity contribution in [3.05, 3.63) is 69.7 Å². The molecule has 0 amide bonds. The summed E-state index contributed by atoms with van der Waals surface area (Å²) in [4.78, 5) is 11.7. The van der Waals surface area contributed by atoms with Gasteiger partial charge in [-0.3, -0.25) is 0 Å². The first-order valence-electron chi connectivity index (χ1n) is 5.94. The lowest BCUT2D eigenvalue weighted by atomic mass is 10.1. The van der Waals surface area contributed by atoms with Gasteiger partial charge < -0.3 is 4.74 Å². The number of carbonyl (C=O) groups is 1. The summed E-state index contributed by atoms with van der Waals surface area (Å²) in [5.41, 5.74) is 1.34. The molecule has 0 unspecified atom stereocenters. The molecule has 0 saturated carbocycles. The number of nitrogens with zero attached hydrogens (tertiary/aromatic N) is 1. The van der Waals surface area contributed by atoms with Crippen LogP contribution in [-0.2, 0) is 4.79 Å². The molecule has 21 heavy (non-hydrogen) atoms. The van der Waals surface area contributed by atoms with Crippen LogP contribution in [0.4, 0.5) is 0 Å². The Labute approximate surface area is 132 Å². The molecule has 0 fully saturated rings. The van der Waals surface area contributed by atoms with E-state index in [2.05, 4.69) is 0 Å². The number of hydrogen-bond donors (Lipinski definition) is 0. The van der Waals surface area contributed by atoms with Gasteiger partial charge in [0.25, 0.3) is 0 Å². The van der Waals surface area contributed by atoms with Gasteiger partial charge in [0.2, 0.25) is 0 Å². The van der Waals surface area contributed by atoms with Gasteiger partial charge in [-0.1, -0.05) is 41.4 Å². The first-order chi connectivity index (χ1) is 10.1. The van der Waals surface area contributed by atoms with Gasteiger partial charge in [-0.05, 0) is 35.9 Å². The normalized spacial score (nSPS) is 10.3. The van der Waals surface area contributed by atoms with Crippen molar-refractivity contribution in [1.29, 1.82) is 5.26 Å². The van der Waals surface area contributed by atoms with Crippen molar-refractivity contribution in [2.24, 2.45) is 0 Å². The fourth-order valence-corrected chi connectivity index (χ4v) is 1.87. The highest BCUT2D eigenvalue weighted by Gasteiger charge is 2.08. The molecular weight excluding hydrogens is 309 g/mol. The summed E-state index contributed by atoms with van der Waals surface area (Å²) in [5, 5.41) is 9.21. The Balaban J connectivity index is 2.05. The molecule has 3 nitrogen and oxygen atoms in total. The number of carbonyl (C=O) groups excluding carboxylic acids is 1. The zero-order chi connectivity index (χ0) is 15.2. The molecule has 0 heterocycles. The topological polar surface area (TPSA) is 50.1 Å². The molecule has 104 valence electrons. The van der Waals surface area contributed by atoms with Crippen molar-refractivity contribution < 1.29 is 9.53 Å². The second kappa shape index (κ2) is 6.94. The van der Waals surface area contributed by atoms with Gasteiger partial charge in [0, 0.05) is 6.08 Å². The van der Waals surface area contributed by atoms with E-state index < -0.39 is 5.97 Å². The predicted octanol–water partition coefficient (Wildman–Crippen LogP) is 4.48. The minimum atomic E-state index is -0.566. The molecule has 5 heteroatoms. The number of halogens is 2. The van der Waals surface area contributed by atoms with E-state index in [9.17, 15) is 4.79 Å². The molecule has 0 aliphatic heterocycles. The van der Waals surface area contributed by atoms with Gasteiger partial charge in [0.1, 0.15) is 5.02 Å². The summed E-state index contributed by atoms with van der Waals surface area (Å²) in [6.07, 6.45) is 2.86. The number of esters is 1. The highest BCUT2D eigenvalue weighted by molar-refractivity contribution is 6.43. The van der Waals surface area contributed by atoms with E-state index in [-0.39, 0.29) is 10.8 Å². The van der Waals surface area contributed by atoms with Crippen molar-refractivity contribution in [2.75, 3.05) is 0 Å². The lowest BCUT2D eigenvalue weighted by Gasteiger charge is -2.04. The maximum absolute atomic E-state index is 11.7. The molecule has 0 N–H and O–H groups in total. The quantitative estimate of drug-likeness (QED) is 0.476. The van der Waals surface area contributed by atoms with Gasteiger partial charge in [0.15, 0.2) is 5.75 Å². The van der Waals surface area contributed by atoms with Crippen LogP contribution in [0.5, 0.6) is 5.75 Å². The van der Waals surface area contributed by atoms with Crippen molar-refractivity contribution in [3.8, 4) is 11.8 Å². The van der Waals surface area contributed by atoms with Crippen molar-refractivity contribution in [1.82, 2.24) is 0 Å². The van der Waals surface area contributed by atoms with Gasteiger partial charge in [0.05, 0.1) is 16.7 Å². The summed E-state index contributed by atoms with van der Waals surface area (Å²) < 4.78 is 5.10. The van der Waals surface area contributed by atoms with Crippen LogP contribution >= 0.6 is 23.2 Å². The highest BCUT2D eigenvalue weighted by Crippen LogP contribution is 2.31. The number of benzene rings is 2. The number of rotatable bonds is 3. The molecule has 0 aliphatic rings. The first-order valence-corrected chi connectivity index (χ1v) is 6.70. The zero-order valence-corrected chi connectivity index (χ0v) is 12.2. The first kappa shape index (κ1) is 15.1. The molecule has 0 radical (unpaired) electrons. The predicted molar refractivity (Wildman–Crippen MR) is 82.3 cm³/mol. The zero-order valence-electron chi connectivity index (χ0n) is 10.7. The lowest BCUT2D eigenvalue weighted by Crippen LogP contribution is -2.04. The SMILES string of the molecule is N#Cc1ccc(/C=C/C(=O)Oc2cccc(Cl)c2Cl)cc1. The maximum atomic E-state index is 11.7.